The number of hydrogen-bond donors (Lipinski definition) is 1. The number of carbonyl (C=O) groups excluding carboxylic acids is 1. The normalized spacial score (nSPS) is 22.8. The first-order valence-corrected chi connectivity index (χ1v) is 9.69. The van der Waals surface area contributed by atoms with Gasteiger partial charge in [-0.3, -0.25) is 0 Å². The summed E-state index contributed by atoms with van der Waals surface area (Å²) in [7, 11) is 0. The van der Waals surface area contributed by atoms with E-state index in [9.17, 15) is 9.90 Å². The van der Waals surface area contributed by atoms with E-state index in [0.717, 1.165) is 19.3 Å². The van der Waals surface area contributed by atoms with Gasteiger partial charge in [-0.25, -0.2) is 4.79 Å². The quantitative estimate of drug-likeness (QED) is 0.812. The Labute approximate surface area is 159 Å². The molecule has 144 valence electrons. The van der Waals surface area contributed by atoms with E-state index >= 15 is 0 Å². The minimum absolute atomic E-state index is 0.0355. The molecule has 1 aliphatic heterocycles. The number of rotatable bonds is 2. The van der Waals surface area contributed by atoms with Crippen molar-refractivity contribution in [2.75, 3.05) is 13.1 Å². The number of piperidine rings is 1. The fraction of sp³-hybridized carbons (Fsp3) is 0.500. The highest BCUT2D eigenvalue weighted by Gasteiger charge is 2.33. The molecule has 0 bridgehead atoms. The number of aryl methyl sites for hydroxylation is 2. The number of aliphatic hydroxyl groups excluding tert-OH is 1. The monoisotopic (exact) mass is 369 g/mol. The lowest BCUT2D eigenvalue weighted by Crippen LogP contribution is -2.44. The lowest BCUT2D eigenvalue weighted by atomic mass is 9.84. The zero-order valence-electron chi connectivity index (χ0n) is 16.2. The zero-order chi connectivity index (χ0) is 19.2. The van der Waals surface area contributed by atoms with Crippen LogP contribution < -0.4 is 0 Å². The van der Waals surface area contributed by atoms with Gasteiger partial charge < -0.3 is 14.7 Å². The summed E-state index contributed by atoms with van der Waals surface area (Å²) in [5.41, 5.74) is 3.41. The number of benzene rings is 2. The van der Waals surface area contributed by atoms with E-state index in [0.29, 0.717) is 6.54 Å². The molecule has 1 fully saturated rings. The first-order valence-electron chi connectivity index (χ1n) is 9.69. The maximum Gasteiger partial charge on any atom is 0.528 e. The summed E-state index contributed by atoms with van der Waals surface area (Å²) in [6, 6.07) is 10.9. The van der Waals surface area contributed by atoms with Crippen molar-refractivity contribution in [2.45, 2.75) is 57.7 Å². The molecule has 27 heavy (non-hydrogen) atoms. The molecule has 4 rings (SSSR count). The van der Waals surface area contributed by atoms with Gasteiger partial charge in [0.1, 0.15) is 5.60 Å². The zero-order valence-corrected chi connectivity index (χ0v) is 16.2. The minimum atomic E-state index is -0.724. The van der Waals surface area contributed by atoms with Crippen LogP contribution in [0.2, 0.25) is 0 Å². The molecule has 1 saturated heterocycles. The van der Waals surface area contributed by atoms with Crippen molar-refractivity contribution in [3.8, 4) is 0 Å². The molecule has 0 amide bonds. The average Bonchev–Trinajstić information content (AvgIpc) is 2.99. The highest BCUT2D eigenvalue weighted by Crippen LogP contribution is 2.38. The first kappa shape index (κ1) is 18.3. The van der Waals surface area contributed by atoms with Crippen LogP contribution in [0.3, 0.4) is 0 Å². The molecule has 0 aromatic heterocycles. The summed E-state index contributed by atoms with van der Waals surface area (Å²) in [6.07, 6.45) is 1.60. The molecular formula is C22H27NO4. The molecule has 5 nitrogen and oxygen atoms in total. The van der Waals surface area contributed by atoms with Crippen LogP contribution in [0, 0.1) is 0 Å². The van der Waals surface area contributed by atoms with Gasteiger partial charge in [-0.1, -0.05) is 30.3 Å². The Kier molecular flexibility index (Phi) is 4.60. The highest BCUT2D eigenvalue weighted by molar-refractivity contribution is 5.93. The molecule has 5 heteroatoms. The van der Waals surface area contributed by atoms with Crippen molar-refractivity contribution >= 4 is 16.9 Å². The summed E-state index contributed by atoms with van der Waals surface area (Å²) in [5, 5.41) is 14.9. The molecule has 2 aliphatic rings. The van der Waals surface area contributed by atoms with Gasteiger partial charge in [0.25, 0.3) is 0 Å². The first-order chi connectivity index (χ1) is 12.8. The Balaban J connectivity index is 1.50. The number of aliphatic hydroxyl groups is 1. The lowest BCUT2D eigenvalue weighted by molar-refractivity contribution is -0.170. The highest BCUT2D eigenvalue weighted by atomic mass is 16.8. The molecule has 2 aromatic carbocycles. The number of hydrogen-bond acceptors (Lipinski definition) is 5. The van der Waals surface area contributed by atoms with E-state index in [4.69, 9.17) is 9.57 Å². The molecule has 0 saturated carbocycles. The molecule has 1 N–H and O–H groups in total. The Morgan fingerprint density at radius 3 is 2.59 bits per heavy atom. The van der Waals surface area contributed by atoms with Gasteiger partial charge in [0.15, 0.2) is 0 Å². The third kappa shape index (κ3) is 3.66. The summed E-state index contributed by atoms with van der Waals surface area (Å²) >= 11 is 0. The molecule has 2 unspecified atom stereocenters. The van der Waals surface area contributed by atoms with Gasteiger partial charge in [0.2, 0.25) is 0 Å². The summed E-state index contributed by atoms with van der Waals surface area (Å²) in [5.74, 6) is 0.0355. The predicted molar refractivity (Wildman–Crippen MR) is 104 cm³/mol. The maximum atomic E-state index is 11.9. The van der Waals surface area contributed by atoms with E-state index in [1.54, 1.807) is 20.8 Å². The number of ether oxygens (including phenoxy) is 1. The Morgan fingerprint density at radius 2 is 1.89 bits per heavy atom. The Hall–Kier alpha value is -2.11. The summed E-state index contributed by atoms with van der Waals surface area (Å²) in [6.45, 7) is 6.25. The van der Waals surface area contributed by atoms with E-state index < -0.39 is 17.9 Å². The van der Waals surface area contributed by atoms with Crippen LogP contribution in [0.15, 0.2) is 30.3 Å². The van der Waals surface area contributed by atoms with Crippen LogP contribution in [0.5, 0.6) is 0 Å². The van der Waals surface area contributed by atoms with E-state index in [-0.39, 0.29) is 12.5 Å². The van der Waals surface area contributed by atoms with Crippen molar-refractivity contribution < 1.29 is 19.5 Å². The molecule has 1 aliphatic carbocycles. The molecule has 1 heterocycles. The SMILES string of the molecule is CC(C)(C)OC(=O)ON1CCC(c2ccc3c4c(cccc24)CC3)C(O)C1. The molecular weight excluding hydrogens is 342 g/mol. The van der Waals surface area contributed by atoms with Gasteiger partial charge in [-0.2, -0.15) is 0 Å². The van der Waals surface area contributed by atoms with Crippen molar-refractivity contribution in [3.63, 3.8) is 0 Å². The Bertz CT molecular complexity index is 860. The molecule has 0 spiro atoms. The van der Waals surface area contributed by atoms with Gasteiger partial charge in [-0.05, 0) is 67.5 Å². The second kappa shape index (κ2) is 6.80. The second-order valence-corrected chi connectivity index (χ2v) is 8.56. The maximum absolute atomic E-state index is 11.9. The fourth-order valence-electron chi connectivity index (χ4n) is 4.32. The standard InChI is InChI=1S/C22H27NO4/c1-22(2,3)26-21(25)27-23-12-11-17(19(24)13-23)16-10-9-15-8-7-14-5-4-6-18(16)20(14)15/h4-6,9-10,17,19,24H,7-8,11-13H2,1-3H3. The molecule has 0 radical (unpaired) electrons. The van der Waals surface area contributed by atoms with E-state index in [1.807, 2.05) is 0 Å². The molecule has 2 atom stereocenters. The fourth-order valence-corrected chi connectivity index (χ4v) is 4.32. The lowest BCUT2D eigenvalue weighted by Gasteiger charge is -2.35. The van der Waals surface area contributed by atoms with Crippen LogP contribution >= 0.6 is 0 Å². The smallest absolute Gasteiger partial charge is 0.427 e. The van der Waals surface area contributed by atoms with Crippen LogP contribution in [-0.4, -0.2) is 41.1 Å². The third-order valence-electron chi connectivity index (χ3n) is 5.45. The van der Waals surface area contributed by atoms with Crippen LogP contribution in [0.4, 0.5) is 4.79 Å². The van der Waals surface area contributed by atoms with Crippen LogP contribution in [0.25, 0.3) is 10.8 Å². The van der Waals surface area contributed by atoms with Crippen molar-refractivity contribution in [3.05, 3.63) is 47.0 Å². The van der Waals surface area contributed by atoms with Crippen molar-refractivity contribution in [1.29, 1.82) is 0 Å². The topological polar surface area (TPSA) is 59.0 Å². The second-order valence-electron chi connectivity index (χ2n) is 8.56. The molecule has 2 aromatic rings. The van der Waals surface area contributed by atoms with Gasteiger partial charge in [0.05, 0.1) is 12.6 Å². The largest absolute Gasteiger partial charge is 0.528 e. The third-order valence-corrected chi connectivity index (χ3v) is 5.45. The van der Waals surface area contributed by atoms with Gasteiger partial charge in [-0.15, -0.1) is 5.06 Å². The number of carbonyl (C=O) groups is 1. The number of hydroxylamine groups is 2. The van der Waals surface area contributed by atoms with Gasteiger partial charge in [0, 0.05) is 12.5 Å². The average molecular weight is 369 g/mol. The van der Waals surface area contributed by atoms with Crippen molar-refractivity contribution in [1.82, 2.24) is 5.06 Å². The van der Waals surface area contributed by atoms with E-state index in [2.05, 4.69) is 30.3 Å². The van der Waals surface area contributed by atoms with Gasteiger partial charge >= 0.3 is 6.16 Å². The summed E-state index contributed by atoms with van der Waals surface area (Å²) < 4.78 is 5.19. The van der Waals surface area contributed by atoms with E-state index in [1.165, 1.54) is 32.5 Å². The van der Waals surface area contributed by atoms with Crippen LogP contribution in [-0.2, 0) is 22.4 Å². The predicted octanol–water partition coefficient (Wildman–Crippen LogP) is 3.96. The minimum Gasteiger partial charge on any atom is -0.427 e. The Morgan fingerprint density at radius 1 is 1.15 bits per heavy atom. The summed E-state index contributed by atoms with van der Waals surface area (Å²) in [4.78, 5) is 17.1. The number of nitrogens with zero attached hydrogens (tertiary/aromatic N) is 1. The van der Waals surface area contributed by atoms with Crippen LogP contribution in [0.1, 0.15) is 49.8 Å². The van der Waals surface area contributed by atoms with Crippen molar-refractivity contribution in [2.24, 2.45) is 0 Å². The number of β-amino-alcohol motifs (C(OH)–C–C–N with tert-alkyl or cyclic N) is 1.